The van der Waals surface area contributed by atoms with Gasteiger partial charge in [0.05, 0.1) is 16.9 Å². The molecular formula is C13H13ClN2OS. The largest absolute Gasteiger partial charge is 0.289 e. The van der Waals surface area contributed by atoms with E-state index in [2.05, 4.69) is 5.10 Å². The molecule has 0 aromatic carbocycles. The Bertz CT molecular complexity index is 605. The molecule has 2 aromatic heterocycles. The van der Waals surface area contributed by atoms with Gasteiger partial charge in [-0.2, -0.15) is 5.10 Å². The Labute approximate surface area is 115 Å². The Kier molecular flexibility index (Phi) is 3.68. The van der Waals surface area contributed by atoms with Gasteiger partial charge in [0.1, 0.15) is 0 Å². The molecule has 0 fully saturated rings. The summed E-state index contributed by atoms with van der Waals surface area (Å²) in [6.45, 7) is 3.95. The van der Waals surface area contributed by atoms with Crippen molar-refractivity contribution in [2.45, 2.75) is 13.8 Å². The summed E-state index contributed by atoms with van der Waals surface area (Å²) >= 11 is 7.59. The summed E-state index contributed by atoms with van der Waals surface area (Å²) in [4.78, 5) is 14.2. The van der Waals surface area contributed by atoms with Crippen LogP contribution in [0.15, 0.2) is 18.3 Å². The lowest BCUT2D eigenvalue weighted by molar-refractivity contribution is 0.104. The summed E-state index contributed by atoms with van der Waals surface area (Å²) in [7, 11) is 1.79. The van der Waals surface area contributed by atoms with Gasteiger partial charge in [0.15, 0.2) is 5.78 Å². The number of ketones is 1. The van der Waals surface area contributed by atoms with Crippen molar-refractivity contribution >= 4 is 34.8 Å². The first kappa shape index (κ1) is 13.1. The zero-order chi connectivity index (χ0) is 13.3. The van der Waals surface area contributed by atoms with Gasteiger partial charge in [0.2, 0.25) is 0 Å². The molecule has 3 nitrogen and oxygen atoms in total. The molecule has 0 amide bonds. The number of aryl methyl sites for hydroxylation is 3. The summed E-state index contributed by atoms with van der Waals surface area (Å²) in [6, 6.07) is 1.91. The van der Waals surface area contributed by atoms with Crippen molar-refractivity contribution < 1.29 is 4.79 Å². The minimum atomic E-state index is -0.00545. The van der Waals surface area contributed by atoms with Crippen LogP contribution < -0.4 is 0 Å². The lowest BCUT2D eigenvalue weighted by Gasteiger charge is -1.96. The van der Waals surface area contributed by atoms with Gasteiger partial charge in [0.25, 0.3) is 0 Å². The first-order valence-electron chi connectivity index (χ1n) is 5.46. The molecular weight excluding hydrogens is 268 g/mol. The molecule has 0 unspecified atom stereocenters. The Morgan fingerprint density at radius 3 is 2.72 bits per heavy atom. The third-order valence-electron chi connectivity index (χ3n) is 2.64. The lowest BCUT2D eigenvalue weighted by atomic mass is 10.1. The number of nitrogens with zero attached hydrogens (tertiary/aromatic N) is 2. The van der Waals surface area contributed by atoms with Crippen molar-refractivity contribution in [1.82, 2.24) is 9.78 Å². The van der Waals surface area contributed by atoms with Crippen LogP contribution in [-0.4, -0.2) is 15.6 Å². The minimum absolute atomic E-state index is 0.00545. The molecule has 0 aliphatic carbocycles. The molecule has 0 N–H and O–H groups in total. The predicted octanol–water partition coefficient (Wildman–Crippen LogP) is 3.65. The normalized spacial score (nSPS) is 11.3. The average Bonchev–Trinajstić information content (AvgIpc) is 2.80. The summed E-state index contributed by atoms with van der Waals surface area (Å²) in [5.41, 5.74) is 1.49. The molecule has 0 aliphatic heterocycles. The van der Waals surface area contributed by atoms with Crippen molar-refractivity contribution in [3.63, 3.8) is 0 Å². The fourth-order valence-electron chi connectivity index (χ4n) is 1.73. The van der Waals surface area contributed by atoms with Gasteiger partial charge in [-0.3, -0.25) is 9.48 Å². The monoisotopic (exact) mass is 280 g/mol. The van der Waals surface area contributed by atoms with E-state index in [1.54, 1.807) is 35.3 Å². The number of aromatic nitrogens is 2. The van der Waals surface area contributed by atoms with Gasteiger partial charge < -0.3 is 0 Å². The summed E-state index contributed by atoms with van der Waals surface area (Å²) < 4.78 is 1.64. The minimum Gasteiger partial charge on any atom is -0.289 e. The Morgan fingerprint density at radius 2 is 2.22 bits per heavy atom. The molecule has 0 saturated heterocycles. The second kappa shape index (κ2) is 5.08. The van der Waals surface area contributed by atoms with E-state index in [4.69, 9.17) is 11.6 Å². The number of halogens is 1. The van der Waals surface area contributed by atoms with Gasteiger partial charge >= 0.3 is 0 Å². The summed E-state index contributed by atoms with van der Waals surface area (Å²) in [5, 5.41) is 4.55. The smallest absolute Gasteiger partial charge is 0.187 e. The topological polar surface area (TPSA) is 34.9 Å². The molecule has 0 spiro atoms. The van der Waals surface area contributed by atoms with Gasteiger partial charge in [-0.1, -0.05) is 11.6 Å². The Balaban J connectivity index is 2.25. The van der Waals surface area contributed by atoms with E-state index in [-0.39, 0.29) is 5.78 Å². The van der Waals surface area contributed by atoms with E-state index >= 15 is 0 Å². The molecule has 0 atom stereocenters. The maximum absolute atomic E-state index is 12.0. The zero-order valence-electron chi connectivity index (χ0n) is 10.4. The molecule has 2 heterocycles. The van der Waals surface area contributed by atoms with Crippen molar-refractivity contribution in [2.75, 3.05) is 0 Å². The quantitative estimate of drug-likeness (QED) is 0.635. The van der Waals surface area contributed by atoms with E-state index in [0.29, 0.717) is 5.02 Å². The molecule has 0 bridgehead atoms. The highest BCUT2D eigenvalue weighted by molar-refractivity contribution is 7.12. The molecule has 18 heavy (non-hydrogen) atoms. The van der Waals surface area contributed by atoms with Crippen LogP contribution in [0.1, 0.15) is 25.8 Å². The lowest BCUT2D eigenvalue weighted by Crippen LogP contribution is -1.96. The third kappa shape index (κ3) is 2.54. The molecule has 94 valence electrons. The molecule has 2 rings (SSSR count). The van der Waals surface area contributed by atoms with Crippen LogP contribution in [-0.2, 0) is 7.05 Å². The Hall–Kier alpha value is -1.39. The number of hydrogen-bond donors (Lipinski definition) is 0. The zero-order valence-corrected chi connectivity index (χ0v) is 12.0. The van der Waals surface area contributed by atoms with Crippen LogP contribution >= 0.6 is 22.9 Å². The van der Waals surface area contributed by atoms with Crippen LogP contribution in [0.2, 0.25) is 5.02 Å². The van der Waals surface area contributed by atoms with Gasteiger partial charge in [-0.25, -0.2) is 0 Å². The molecule has 5 heteroatoms. The fraction of sp³-hybridized carbons (Fsp3) is 0.231. The number of thiophene rings is 1. The predicted molar refractivity (Wildman–Crippen MR) is 75.4 cm³/mol. The van der Waals surface area contributed by atoms with Crippen molar-refractivity contribution in [3.8, 4) is 0 Å². The first-order chi connectivity index (χ1) is 8.49. The van der Waals surface area contributed by atoms with E-state index in [9.17, 15) is 4.79 Å². The standard InChI is InChI=1S/C13H13ClN2OS/c1-8-6-10(9(2)18-8)13(17)5-4-12-11(14)7-15-16(12)3/h4-7H,1-3H3/b5-4+. The first-order valence-corrected chi connectivity index (χ1v) is 6.65. The van der Waals surface area contributed by atoms with Crippen LogP contribution in [0, 0.1) is 13.8 Å². The Morgan fingerprint density at radius 1 is 1.50 bits per heavy atom. The van der Waals surface area contributed by atoms with Crippen LogP contribution in [0.3, 0.4) is 0 Å². The van der Waals surface area contributed by atoms with Crippen LogP contribution in [0.4, 0.5) is 0 Å². The van der Waals surface area contributed by atoms with E-state index in [1.165, 1.54) is 6.08 Å². The molecule has 0 radical (unpaired) electrons. The number of rotatable bonds is 3. The van der Waals surface area contributed by atoms with Crippen molar-refractivity contribution in [1.29, 1.82) is 0 Å². The molecule has 0 aliphatic rings. The van der Waals surface area contributed by atoms with Gasteiger partial charge in [-0.15, -0.1) is 11.3 Å². The maximum atomic E-state index is 12.0. The second-order valence-electron chi connectivity index (χ2n) is 4.03. The third-order valence-corrected chi connectivity index (χ3v) is 3.89. The average molecular weight is 281 g/mol. The highest BCUT2D eigenvalue weighted by Crippen LogP contribution is 2.22. The van der Waals surface area contributed by atoms with E-state index in [0.717, 1.165) is 21.0 Å². The van der Waals surface area contributed by atoms with Crippen LogP contribution in [0.25, 0.3) is 6.08 Å². The highest BCUT2D eigenvalue weighted by atomic mass is 35.5. The highest BCUT2D eigenvalue weighted by Gasteiger charge is 2.10. The van der Waals surface area contributed by atoms with E-state index in [1.807, 2.05) is 19.9 Å². The van der Waals surface area contributed by atoms with Crippen LogP contribution in [0.5, 0.6) is 0 Å². The van der Waals surface area contributed by atoms with Gasteiger partial charge in [0, 0.05) is 22.4 Å². The molecule has 2 aromatic rings. The fourth-order valence-corrected chi connectivity index (χ4v) is 2.89. The van der Waals surface area contributed by atoms with Gasteiger partial charge in [-0.05, 0) is 32.1 Å². The SMILES string of the molecule is Cc1cc(C(=O)/C=C/c2c(Cl)cnn2C)c(C)s1. The number of carbonyl (C=O) groups excluding carboxylic acids is 1. The second-order valence-corrected chi connectivity index (χ2v) is 5.89. The maximum Gasteiger partial charge on any atom is 0.187 e. The number of allylic oxidation sites excluding steroid dienone is 1. The van der Waals surface area contributed by atoms with E-state index < -0.39 is 0 Å². The van der Waals surface area contributed by atoms with Crippen molar-refractivity contribution in [3.05, 3.63) is 44.4 Å². The van der Waals surface area contributed by atoms with Crippen molar-refractivity contribution in [2.24, 2.45) is 7.05 Å². The summed E-state index contributed by atoms with van der Waals surface area (Å²) in [6.07, 6.45) is 4.80. The summed E-state index contributed by atoms with van der Waals surface area (Å²) in [5.74, 6) is -0.00545. The number of hydrogen-bond acceptors (Lipinski definition) is 3. The number of carbonyl (C=O) groups is 1. The molecule has 0 saturated carbocycles.